The summed E-state index contributed by atoms with van der Waals surface area (Å²) < 4.78 is 0. The van der Waals surface area contributed by atoms with E-state index in [4.69, 9.17) is 5.11 Å². The quantitative estimate of drug-likeness (QED) is 0.394. The number of aliphatic hydroxyl groups is 1. The average molecular weight is 105 g/mol. The molecular formula is C3H7NO3. The molecule has 0 amide bonds. The van der Waals surface area contributed by atoms with Crippen molar-refractivity contribution in [3.63, 3.8) is 0 Å². The van der Waals surface area contributed by atoms with Gasteiger partial charge in [-0.2, -0.15) is 0 Å². The minimum Gasteiger partial charge on any atom is -0.396 e. The van der Waals surface area contributed by atoms with E-state index in [2.05, 4.69) is 0 Å². The maximum Gasteiger partial charge on any atom is 0.206 e. The minimum atomic E-state index is -0.448. The van der Waals surface area contributed by atoms with Crippen molar-refractivity contribution < 1.29 is 10.0 Å². The van der Waals surface area contributed by atoms with Crippen molar-refractivity contribution in [2.45, 2.75) is 6.42 Å². The van der Waals surface area contributed by atoms with Gasteiger partial charge in [0.1, 0.15) is 0 Å². The van der Waals surface area contributed by atoms with Gasteiger partial charge in [0, 0.05) is 18.0 Å². The van der Waals surface area contributed by atoms with E-state index in [1.165, 1.54) is 0 Å². The molecule has 0 aliphatic carbocycles. The second-order valence-corrected chi connectivity index (χ2v) is 1.13. The van der Waals surface area contributed by atoms with Gasteiger partial charge in [0.2, 0.25) is 6.54 Å². The lowest BCUT2D eigenvalue weighted by atomic mass is 10.5. The van der Waals surface area contributed by atoms with Crippen LogP contribution in [0.2, 0.25) is 0 Å². The Balaban J connectivity index is 2.82. The zero-order chi connectivity index (χ0) is 5.70. The molecule has 0 saturated heterocycles. The van der Waals surface area contributed by atoms with E-state index < -0.39 is 4.92 Å². The van der Waals surface area contributed by atoms with E-state index in [9.17, 15) is 10.1 Å². The summed E-state index contributed by atoms with van der Waals surface area (Å²) in [6.45, 7) is -0.225. The Morgan fingerprint density at radius 2 is 2.29 bits per heavy atom. The van der Waals surface area contributed by atoms with Crippen LogP contribution in [0.5, 0.6) is 0 Å². The molecule has 0 radical (unpaired) electrons. The third-order valence-corrected chi connectivity index (χ3v) is 0.499. The topological polar surface area (TPSA) is 63.4 Å². The summed E-state index contributed by atoms with van der Waals surface area (Å²) in [7, 11) is 0. The third-order valence-electron chi connectivity index (χ3n) is 0.499. The van der Waals surface area contributed by atoms with Crippen LogP contribution in [0.15, 0.2) is 0 Å². The van der Waals surface area contributed by atoms with Gasteiger partial charge in [-0.05, 0) is 0 Å². The number of hydrogen-bond acceptors (Lipinski definition) is 3. The molecule has 0 saturated carbocycles. The maximum atomic E-state index is 9.45. The van der Waals surface area contributed by atoms with Crippen LogP contribution in [0.25, 0.3) is 0 Å². The summed E-state index contributed by atoms with van der Waals surface area (Å²) >= 11 is 0. The Morgan fingerprint density at radius 1 is 1.71 bits per heavy atom. The zero-order valence-electron chi connectivity index (χ0n) is 3.83. The Hall–Kier alpha value is -0.640. The number of nitrogens with zero attached hydrogens (tertiary/aromatic N) is 1. The lowest BCUT2D eigenvalue weighted by Crippen LogP contribution is -2.01. The van der Waals surface area contributed by atoms with Crippen molar-refractivity contribution in [3.05, 3.63) is 10.1 Å². The van der Waals surface area contributed by atoms with Gasteiger partial charge in [-0.15, -0.1) is 0 Å². The van der Waals surface area contributed by atoms with Crippen molar-refractivity contribution in [1.29, 1.82) is 0 Å². The van der Waals surface area contributed by atoms with E-state index in [-0.39, 0.29) is 19.6 Å². The summed E-state index contributed by atoms with van der Waals surface area (Å²) in [5, 5.41) is 17.5. The summed E-state index contributed by atoms with van der Waals surface area (Å²) in [6, 6.07) is 0. The largest absolute Gasteiger partial charge is 0.396 e. The molecule has 0 aliphatic rings. The molecule has 4 heteroatoms. The molecule has 0 bridgehead atoms. The van der Waals surface area contributed by atoms with Crippen LogP contribution in [0, 0.1) is 10.1 Å². The smallest absolute Gasteiger partial charge is 0.206 e. The van der Waals surface area contributed by atoms with Gasteiger partial charge < -0.3 is 5.11 Å². The van der Waals surface area contributed by atoms with Crippen LogP contribution in [-0.2, 0) is 0 Å². The van der Waals surface area contributed by atoms with Crippen LogP contribution in [0.3, 0.4) is 0 Å². The van der Waals surface area contributed by atoms with Crippen molar-refractivity contribution in [2.24, 2.45) is 0 Å². The molecule has 4 nitrogen and oxygen atoms in total. The summed E-state index contributed by atoms with van der Waals surface area (Å²) in [5.74, 6) is 0. The molecule has 0 atom stereocenters. The first-order valence-corrected chi connectivity index (χ1v) is 2.00. The maximum absolute atomic E-state index is 9.45. The number of hydrogen-bond donors (Lipinski definition) is 1. The van der Waals surface area contributed by atoms with Crippen molar-refractivity contribution in [1.82, 2.24) is 0 Å². The molecule has 0 fully saturated rings. The average Bonchev–Trinajstić information content (AvgIpc) is 1.61. The molecule has 0 aromatic heterocycles. The lowest BCUT2D eigenvalue weighted by molar-refractivity contribution is -0.480. The molecular weight excluding hydrogens is 98.0 g/mol. The first-order valence-electron chi connectivity index (χ1n) is 2.00. The fourth-order valence-electron chi connectivity index (χ4n) is 0.200. The Kier molecular flexibility index (Phi) is 3.22. The molecule has 0 spiro atoms. The standard InChI is InChI=1S/C3H7NO3/c5-3-1-2-4(6)7/h5H,1-3H2. The zero-order valence-corrected chi connectivity index (χ0v) is 3.83. The monoisotopic (exact) mass is 105 g/mol. The predicted octanol–water partition coefficient (Wildman–Crippen LogP) is -0.355. The van der Waals surface area contributed by atoms with E-state index in [1.54, 1.807) is 0 Å². The highest BCUT2D eigenvalue weighted by Gasteiger charge is 1.91. The van der Waals surface area contributed by atoms with Gasteiger partial charge in [0.05, 0.1) is 0 Å². The SMILES string of the molecule is O=[N+]([O-])CCCO. The summed E-state index contributed by atoms with van der Waals surface area (Å²) in [4.78, 5) is 9.00. The normalized spacial score (nSPS) is 8.71. The summed E-state index contributed by atoms with van der Waals surface area (Å²) in [5.41, 5.74) is 0. The fraction of sp³-hybridized carbons (Fsp3) is 1.00. The number of nitro groups is 1. The van der Waals surface area contributed by atoms with E-state index in [0.29, 0.717) is 0 Å². The summed E-state index contributed by atoms with van der Waals surface area (Å²) in [6.07, 6.45) is 0.257. The molecule has 0 heterocycles. The number of aliphatic hydroxyl groups excluding tert-OH is 1. The van der Waals surface area contributed by atoms with Gasteiger partial charge >= 0.3 is 0 Å². The van der Waals surface area contributed by atoms with E-state index in [0.717, 1.165) is 0 Å². The lowest BCUT2D eigenvalue weighted by Gasteiger charge is -1.84. The Labute approximate surface area is 40.9 Å². The molecule has 0 aromatic carbocycles. The molecule has 0 rings (SSSR count). The van der Waals surface area contributed by atoms with Crippen molar-refractivity contribution >= 4 is 0 Å². The molecule has 0 aromatic rings. The fourth-order valence-corrected chi connectivity index (χ4v) is 0.200. The van der Waals surface area contributed by atoms with Crippen LogP contribution >= 0.6 is 0 Å². The van der Waals surface area contributed by atoms with Gasteiger partial charge in [-0.25, -0.2) is 0 Å². The Morgan fingerprint density at radius 3 is 2.43 bits per heavy atom. The molecule has 1 N–H and O–H groups in total. The number of rotatable bonds is 3. The first-order chi connectivity index (χ1) is 3.27. The highest BCUT2D eigenvalue weighted by Crippen LogP contribution is 1.74. The van der Waals surface area contributed by atoms with Crippen LogP contribution in [-0.4, -0.2) is 23.2 Å². The van der Waals surface area contributed by atoms with Gasteiger partial charge in [-0.1, -0.05) is 0 Å². The predicted molar refractivity (Wildman–Crippen MR) is 23.6 cm³/mol. The van der Waals surface area contributed by atoms with E-state index >= 15 is 0 Å². The second kappa shape index (κ2) is 3.55. The molecule has 0 aliphatic heterocycles. The van der Waals surface area contributed by atoms with Crippen LogP contribution < -0.4 is 0 Å². The van der Waals surface area contributed by atoms with E-state index in [1.807, 2.05) is 0 Å². The highest BCUT2D eigenvalue weighted by molar-refractivity contribution is 4.26. The van der Waals surface area contributed by atoms with Gasteiger partial charge in [-0.3, -0.25) is 10.1 Å². The van der Waals surface area contributed by atoms with Gasteiger partial charge in [0.25, 0.3) is 0 Å². The van der Waals surface area contributed by atoms with Crippen molar-refractivity contribution in [2.75, 3.05) is 13.2 Å². The molecule has 7 heavy (non-hydrogen) atoms. The molecule has 42 valence electrons. The molecule has 0 unspecified atom stereocenters. The first kappa shape index (κ1) is 6.36. The van der Waals surface area contributed by atoms with Crippen LogP contribution in [0.4, 0.5) is 0 Å². The van der Waals surface area contributed by atoms with Gasteiger partial charge in [0.15, 0.2) is 0 Å². The third kappa shape index (κ3) is 5.36. The minimum absolute atomic E-state index is 0.0962. The second-order valence-electron chi connectivity index (χ2n) is 1.13. The van der Waals surface area contributed by atoms with Crippen LogP contribution in [0.1, 0.15) is 6.42 Å². The Bertz CT molecular complexity index is 63.2. The van der Waals surface area contributed by atoms with Crippen molar-refractivity contribution in [3.8, 4) is 0 Å². The highest BCUT2D eigenvalue weighted by atomic mass is 16.6.